The largest absolute Gasteiger partial charge is 0.489 e. The zero-order valence-corrected chi connectivity index (χ0v) is 15.4. The molecule has 1 atom stereocenters. The number of nitrogens with zero attached hydrogens (tertiary/aromatic N) is 1. The number of carbonyl (C=O) groups is 1. The van der Waals surface area contributed by atoms with Crippen LogP contribution in [0.15, 0.2) is 48.5 Å². The SMILES string of the molecule is O=C(C[C@@H]1COc2ccccc2N1Cc1ccc(F)cc1)NC1CCCC1. The summed E-state index contributed by atoms with van der Waals surface area (Å²) in [6.07, 6.45) is 4.94. The fraction of sp³-hybridized carbons (Fsp3) is 0.409. The van der Waals surface area contributed by atoms with E-state index in [0.717, 1.165) is 29.8 Å². The molecule has 0 unspecified atom stereocenters. The lowest BCUT2D eigenvalue weighted by Crippen LogP contribution is -2.46. The molecule has 1 aliphatic heterocycles. The molecule has 1 heterocycles. The molecule has 1 N–H and O–H groups in total. The summed E-state index contributed by atoms with van der Waals surface area (Å²) >= 11 is 0. The van der Waals surface area contributed by atoms with Gasteiger partial charge in [0.25, 0.3) is 0 Å². The fourth-order valence-electron chi connectivity index (χ4n) is 4.03. The third-order valence-corrected chi connectivity index (χ3v) is 5.45. The molecule has 1 amide bonds. The summed E-state index contributed by atoms with van der Waals surface area (Å²) in [5, 5.41) is 3.17. The van der Waals surface area contributed by atoms with Crippen molar-refractivity contribution < 1.29 is 13.9 Å². The highest BCUT2D eigenvalue weighted by molar-refractivity contribution is 5.78. The van der Waals surface area contributed by atoms with Crippen LogP contribution in [0.1, 0.15) is 37.7 Å². The zero-order chi connectivity index (χ0) is 18.6. The molecule has 0 bridgehead atoms. The average molecular weight is 368 g/mol. The van der Waals surface area contributed by atoms with Gasteiger partial charge in [-0.2, -0.15) is 0 Å². The van der Waals surface area contributed by atoms with Gasteiger partial charge in [0.1, 0.15) is 18.2 Å². The van der Waals surface area contributed by atoms with Crippen LogP contribution in [-0.4, -0.2) is 24.6 Å². The Morgan fingerprint density at radius 1 is 1.11 bits per heavy atom. The Morgan fingerprint density at radius 2 is 1.85 bits per heavy atom. The summed E-state index contributed by atoms with van der Waals surface area (Å²) in [5.74, 6) is 0.666. The first-order valence-corrected chi connectivity index (χ1v) is 9.71. The number of hydrogen-bond donors (Lipinski definition) is 1. The van der Waals surface area contributed by atoms with E-state index in [1.165, 1.54) is 25.0 Å². The number of benzene rings is 2. The van der Waals surface area contributed by atoms with Crippen molar-refractivity contribution in [2.45, 2.75) is 50.7 Å². The molecule has 0 spiro atoms. The van der Waals surface area contributed by atoms with Crippen molar-refractivity contribution in [1.82, 2.24) is 5.32 Å². The van der Waals surface area contributed by atoms with E-state index in [4.69, 9.17) is 4.74 Å². The van der Waals surface area contributed by atoms with Crippen molar-refractivity contribution in [3.8, 4) is 5.75 Å². The molecular weight excluding hydrogens is 343 g/mol. The predicted molar refractivity (Wildman–Crippen MR) is 103 cm³/mol. The Kier molecular flexibility index (Phi) is 5.28. The van der Waals surface area contributed by atoms with Crippen molar-refractivity contribution in [1.29, 1.82) is 0 Å². The molecule has 4 nitrogen and oxygen atoms in total. The number of hydrogen-bond acceptors (Lipinski definition) is 3. The van der Waals surface area contributed by atoms with Gasteiger partial charge >= 0.3 is 0 Å². The lowest BCUT2D eigenvalue weighted by atomic mass is 10.1. The summed E-state index contributed by atoms with van der Waals surface area (Å²) in [6.45, 7) is 1.08. The monoisotopic (exact) mass is 368 g/mol. The molecule has 2 aromatic carbocycles. The third-order valence-electron chi connectivity index (χ3n) is 5.45. The summed E-state index contributed by atoms with van der Waals surface area (Å²) in [6, 6.07) is 14.7. The van der Waals surface area contributed by atoms with Crippen LogP contribution in [0, 0.1) is 5.82 Å². The highest BCUT2D eigenvalue weighted by atomic mass is 19.1. The number of fused-ring (bicyclic) bond motifs is 1. The molecule has 4 rings (SSSR count). The van der Waals surface area contributed by atoms with Crippen molar-refractivity contribution in [2.75, 3.05) is 11.5 Å². The molecule has 0 aromatic heterocycles. The molecular formula is C22H25FN2O2. The molecule has 27 heavy (non-hydrogen) atoms. The van der Waals surface area contributed by atoms with Crippen molar-refractivity contribution in [3.63, 3.8) is 0 Å². The zero-order valence-electron chi connectivity index (χ0n) is 15.4. The Hall–Kier alpha value is -2.56. The van der Waals surface area contributed by atoms with Crippen LogP contribution < -0.4 is 15.0 Å². The van der Waals surface area contributed by atoms with E-state index >= 15 is 0 Å². The van der Waals surface area contributed by atoms with E-state index in [1.54, 1.807) is 12.1 Å². The minimum Gasteiger partial charge on any atom is -0.489 e. The molecule has 1 saturated carbocycles. The van der Waals surface area contributed by atoms with Gasteiger partial charge in [-0.1, -0.05) is 37.1 Å². The van der Waals surface area contributed by atoms with E-state index in [-0.39, 0.29) is 17.8 Å². The fourth-order valence-corrected chi connectivity index (χ4v) is 4.03. The van der Waals surface area contributed by atoms with Crippen LogP contribution in [0.2, 0.25) is 0 Å². The standard InChI is InChI=1S/C22H25FN2O2/c23-17-11-9-16(10-12-17)14-25-19(13-22(26)24-18-5-1-2-6-18)15-27-21-8-4-3-7-20(21)25/h3-4,7-12,18-19H,1-2,5-6,13-15H2,(H,24,26)/t19-/m1/s1. The molecule has 2 aromatic rings. The van der Waals surface area contributed by atoms with E-state index in [1.807, 2.05) is 24.3 Å². The van der Waals surface area contributed by atoms with Gasteiger partial charge in [0.05, 0.1) is 18.2 Å². The van der Waals surface area contributed by atoms with Gasteiger partial charge in [0.2, 0.25) is 5.91 Å². The van der Waals surface area contributed by atoms with Gasteiger partial charge in [0.15, 0.2) is 0 Å². The Labute approximate surface area is 159 Å². The summed E-state index contributed by atoms with van der Waals surface area (Å²) < 4.78 is 19.2. The third kappa shape index (κ3) is 4.24. The maximum atomic E-state index is 13.3. The van der Waals surface area contributed by atoms with E-state index in [0.29, 0.717) is 25.6 Å². The molecule has 1 aliphatic carbocycles. The van der Waals surface area contributed by atoms with Gasteiger partial charge in [-0.05, 0) is 42.7 Å². The second-order valence-corrected chi connectivity index (χ2v) is 7.44. The molecule has 0 saturated heterocycles. The van der Waals surface area contributed by atoms with Gasteiger partial charge in [0, 0.05) is 12.6 Å². The number of para-hydroxylation sites is 2. The molecule has 2 aliphatic rings. The number of anilines is 1. The van der Waals surface area contributed by atoms with E-state index in [2.05, 4.69) is 10.2 Å². The van der Waals surface area contributed by atoms with Crippen LogP contribution in [0.5, 0.6) is 5.75 Å². The molecule has 5 heteroatoms. The lowest BCUT2D eigenvalue weighted by molar-refractivity contribution is -0.122. The van der Waals surface area contributed by atoms with E-state index < -0.39 is 0 Å². The predicted octanol–water partition coefficient (Wildman–Crippen LogP) is 4.04. The summed E-state index contributed by atoms with van der Waals surface area (Å²) in [7, 11) is 0. The number of halogens is 1. The highest BCUT2D eigenvalue weighted by Crippen LogP contribution is 2.35. The first kappa shape index (κ1) is 17.8. The Bertz CT molecular complexity index is 787. The van der Waals surface area contributed by atoms with Gasteiger partial charge < -0.3 is 15.0 Å². The minimum atomic E-state index is -0.242. The first-order chi connectivity index (χ1) is 13.2. The topological polar surface area (TPSA) is 41.6 Å². The number of ether oxygens (including phenoxy) is 1. The Balaban J connectivity index is 1.51. The second kappa shape index (κ2) is 7.99. The van der Waals surface area contributed by atoms with Crippen LogP contribution in [0.4, 0.5) is 10.1 Å². The van der Waals surface area contributed by atoms with Crippen LogP contribution in [0.25, 0.3) is 0 Å². The van der Waals surface area contributed by atoms with Gasteiger partial charge in [-0.25, -0.2) is 4.39 Å². The Morgan fingerprint density at radius 3 is 2.63 bits per heavy atom. The average Bonchev–Trinajstić information content (AvgIpc) is 3.18. The number of nitrogens with one attached hydrogen (secondary N) is 1. The van der Waals surface area contributed by atoms with Crippen LogP contribution in [0.3, 0.4) is 0 Å². The van der Waals surface area contributed by atoms with Gasteiger partial charge in [-0.15, -0.1) is 0 Å². The minimum absolute atomic E-state index is 0.0497. The van der Waals surface area contributed by atoms with Crippen molar-refractivity contribution in [2.24, 2.45) is 0 Å². The van der Waals surface area contributed by atoms with E-state index in [9.17, 15) is 9.18 Å². The molecule has 0 radical (unpaired) electrons. The lowest BCUT2D eigenvalue weighted by Gasteiger charge is -2.38. The maximum absolute atomic E-state index is 13.3. The van der Waals surface area contributed by atoms with Crippen LogP contribution >= 0.6 is 0 Å². The number of amides is 1. The quantitative estimate of drug-likeness (QED) is 0.866. The highest BCUT2D eigenvalue weighted by Gasteiger charge is 2.30. The maximum Gasteiger partial charge on any atom is 0.222 e. The first-order valence-electron chi connectivity index (χ1n) is 9.71. The summed E-state index contributed by atoms with van der Waals surface area (Å²) in [5.41, 5.74) is 1.99. The molecule has 142 valence electrons. The van der Waals surface area contributed by atoms with Crippen molar-refractivity contribution in [3.05, 3.63) is 59.9 Å². The second-order valence-electron chi connectivity index (χ2n) is 7.44. The smallest absolute Gasteiger partial charge is 0.222 e. The van der Waals surface area contributed by atoms with Crippen LogP contribution in [-0.2, 0) is 11.3 Å². The molecule has 1 fully saturated rings. The van der Waals surface area contributed by atoms with Crippen molar-refractivity contribution >= 4 is 11.6 Å². The normalized spacial score (nSPS) is 19.4. The summed E-state index contributed by atoms with van der Waals surface area (Å²) in [4.78, 5) is 14.8. The number of carbonyl (C=O) groups excluding carboxylic acids is 1. The van der Waals surface area contributed by atoms with Gasteiger partial charge in [-0.3, -0.25) is 4.79 Å². The number of rotatable bonds is 5.